The molecule has 2 N–H and O–H groups in total. The number of ether oxygens (including phenoxy) is 2. The lowest BCUT2D eigenvalue weighted by atomic mass is 9.98. The van der Waals surface area contributed by atoms with E-state index in [4.69, 9.17) is 9.47 Å². The standard InChI is InChI=1S/C29H34N8O2/c1-20-16-31-9-8-26(20)39-27-7-2-21(14-22(27)15-30)28-32-19-33-29(35-28)34-23-3-5-24(6-4-23)36-10-12-37(13-11-36)25-17-38-18-25/h2-7,14,19-20,25-26,31H,8-13,16-18H2,1H3,(H,32,33,34,35)/t20-,26+/m1/s1. The first-order valence-electron chi connectivity index (χ1n) is 13.7. The van der Waals surface area contributed by atoms with E-state index in [-0.39, 0.29) is 6.10 Å². The number of aromatic nitrogens is 3. The Balaban J connectivity index is 1.10. The van der Waals surface area contributed by atoms with E-state index in [0.29, 0.717) is 35.0 Å². The molecule has 3 fully saturated rings. The molecule has 0 bridgehead atoms. The van der Waals surface area contributed by atoms with E-state index in [1.165, 1.54) is 12.0 Å². The van der Waals surface area contributed by atoms with Crippen LogP contribution < -0.4 is 20.3 Å². The molecular formula is C29H34N8O2. The minimum absolute atomic E-state index is 0.0932. The summed E-state index contributed by atoms with van der Waals surface area (Å²) in [4.78, 5) is 18.2. The number of piperidine rings is 1. The van der Waals surface area contributed by atoms with Gasteiger partial charge in [0.25, 0.3) is 0 Å². The molecule has 0 aliphatic carbocycles. The van der Waals surface area contributed by atoms with Gasteiger partial charge in [-0.1, -0.05) is 6.92 Å². The Morgan fingerprint density at radius 2 is 1.90 bits per heavy atom. The van der Waals surface area contributed by atoms with Gasteiger partial charge < -0.3 is 25.0 Å². The molecule has 0 amide bonds. The van der Waals surface area contributed by atoms with Gasteiger partial charge in [-0.05, 0) is 55.4 Å². The highest BCUT2D eigenvalue weighted by Gasteiger charge is 2.29. The summed E-state index contributed by atoms with van der Waals surface area (Å²) in [6, 6.07) is 16.8. The van der Waals surface area contributed by atoms with E-state index in [9.17, 15) is 5.26 Å². The number of nitrogens with one attached hydrogen (secondary N) is 2. The van der Waals surface area contributed by atoms with Crippen molar-refractivity contribution in [3.05, 3.63) is 54.4 Å². The summed E-state index contributed by atoms with van der Waals surface area (Å²) in [5, 5.41) is 16.4. The molecular weight excluding hydrogens is 492 g/mol. The van der Waals surface area contributed by atoms with Crippen LogP contribution in [-0.2, 0) is 4.74 Å². The molecule has 0 unspecified atom stereocenters. The molecule has 3 aliphatic rings. The fourth-order valence-corrected chi connectivity index (χ4v) is 5.35. The number of rotatable bonds is 7. The van der Waals surface area contributed by atoms with Crippen LogP contribution in [-0.4, -0.2) is 84.5 Å². The maximum absolute atomic E-state index is 9.78. The lowest BCUT2D eigenvalue weighted by molar-refractivity contribution is -0.0660. The van der Waals surface area contributed by atoms with Crippen molar-refractivity contribution in [3.8, 4) is 23.2 Å². The van der Waals surface area contributed by atoms with Crippen LogP contribution in [0.5, 0.6) is 5.75 Å². The second-order valence-electron chi connectivity index (χ2n) is 10.5. The topological polar surface area (TPSA) is 111 Å². The number of piperazine rings is 1. The van der Waals surface area contributed by atoms with Gasteiger partial charge in [0.05, 0.1) is 24.8 Å². The van der Waals surface area contributed by atoms with Crippen LogP contribution in [0.1, 0.15) is 18.9 Å². The fraction of sp³-hybridized carbons (Fsp3) is 0.448. The van der Waals surface area contributed by atoms with Crippen LogP contribution in [0.4, 0.5) is 17.3 Å². The predicted molar refractivity (Wildman–Crippen MR) is 149 cm³/mol. The first-order chi connectivity index (χ1) is 19.2. The zero-order chi connectivity index (χ0) is 26.6. The number of nitrogens with zero attached hydrogens (tertiary/aromatic N) is 6. The zero-order valence-electron chi connectivity index (χ0n) is 22.2. The number of hydrogen-bond acceptors (Lipinski definition) is 10. The van der Waals surface area contributed by atoms with Gasteiger partial charge in [-0.15, -0.1) is 0 Å². The highest BCUT2D eigenvalue weighted by molar-refractivity contribution is 5.64. The van der Waals surface area contributed by atoms with Crippen molar-refractivity contribution in [3.63, 3.8) is 0 Å². The van der Waals surface area contributed by atoms with Crippen molar-refractivity contribution in [1.29, 1.82) is 5.26 Å². The Morgan fingerprint density at radius 3 is 2.62 bits per heavy atom. The van der Waals surface area contributed by atoms with E-state index >= 15 is 0 Å². The van der Waals surface area contributed by atoms with E-state index in [1.807, 2.05) is 24.3 Å². The van der Waals surface area contributed by atoms with Gasteiger partial charge >= 0.3 is 0 Å². The number of hydrogen-bond donors (Lipinski definition) is 2. The SMILES string of the molecule is C[C@@H]1CNCC[C@@H]1Oc1ccc(-c2ncnc(Nc3ccc(N4CCN(C5COC5)CC4)cc3)n2)cc1C#N. The van der Waals surface area contributed by atoms with Gasteiger partial charge in [-0.2, -0.15) is 10.2 Å². The first-order valence-corrected chi connectivity index (χ1v) is 13.7. The van der Waals surface area contributed by atoms with Gasteiger partial charge in [0.15, 0.2) is 5.82 Å². The monoisotopic (exact) mass is 526 g/mol. The van der Waals surface area contributed by atoms with Crippen molar-refractivity contribution in [2.75, 3.05) is 62.7 Å². The summed E-state index contributed by atoms with van der Waals surface area (Å²) in [5.74, 6) is 1.93. The lowest BCUT2D eigenvalue weighted by Crippen LogP contribution is -2.56. The minimum atomic E-state index is 0.0932. The van der Waals surface area contributed by atoms with Crippen LogP contribution in [0, 0.1) is 17.2 Å². The number of anilines is 3. The van der Waals surface area contributed by atoms with Crippen molar-refractivity contribution >= 4 is 17.3 Å². The molecule has 1 aromatic heterocycles. The third-order valence-electron chi connectivity index (χ3n) is 7.85. The van der Waals surface area contributed by atoms with Crippen molar-refractivity contribution < 1.29 is 9.47 Å². The normalized spacial score (nSPS) is 22.1. The predicted octanol–water partition coefficient (Wildman–Crippen LogP) is 3.05. The minimum Gasteiger partial charge on any atom is -0.489 e. The Morgan fingerprint density at radius 1 is 1.08 bits per heavy atom. The van der Waals surface area contributed by atoms with E-state index < -0.39 is 0 Å². The molecule has 0 spiro atoms. The second-order valence-corrected chi connectivity index (χ2v) is 10.5. The van der Waals surface area contributed by atoms with E-state index in [1.54, 1.807) is 6.07 Å². The summed E-state index contributed by atoms with van der Waals surface area (Å²) >= 11 is 0. The van der Waals surface area contributed by atoms with Gasteiger partial charge in [0.2, 0.25) is 5.95 Å². The summed E-state index contributed by atoms with van der Waals surface area (Å²) in [5.41, 5.74) is 3.33. The molecule has 3 aromatic rings. The van der Waals surface area contributed by atoms with Crippen LogP contribution in [0.3, 0.4) is 0 Å². The molecule has 3 saturated heterocycles. The average Bonchev–Trinajstić information content (AvgIpc) is 2.95. The summed E-state index contributed by atoms with van der Waals surface area (Å²) in [6.07, 6.45) is 2.50. The summed E-state index contributed by atoms with van der Waals surface area (Å²) in [6.45, 7) is 9.92. The fourth-order valence-electron chi connectivity index (χ4n) is 5.35. The van der Waals surface area contributed by atoms with Crippen LogP contribution >= 0.6 is 0 Å². The Labute approximate surface area is 229 Å². The highest BCUT2D eigenvalue weighted by Crippen LogP contribution is 2.28. The average molecular weight is 527 g/mol. The Hall–Kier alpha value is -3.78. The highest BCUT2D eigenvalue weighted by atomic mass is 16.5. The molecule has 0 saturated carbocycles. The van der Waals surface area contributed by atoms with Crippen LogP contribution in [0.2, 0.25) is 0 Å². The van der Waals surface area contributed by atoms with E-state index in [0.717, 1.165) is 70.2 Å². The Kier molecular flexibility index (Phi) is 7.54. The van der Waals surface area contributed by atoms with E-state index in [2.05, 4.69) is 60.5 Å². The quantitative estimate of drug-likeness (QED) is 0.476. The second kappa shape index (κ2) is 11.5. The summed E-state index contributed by atoms with van der Waals surface area (Å²) in [7, 11) is 0. The summed E-state index contributed by atoms with van der Waals surface area (Å²) < 4.78 is 11.6. The van der Waals surface area contributed by atoms with Gasteiger partial charge in [-0.3, -0.25) is 4.90 Å². The molecule has 10 nitrogen and oxygen atoms in total. The molecule has 4 heterocycles. The third-order valence-corrected chi connectivity index (χ3v) is 7.85. The third kappa shape index (κ3) is 5.81. The maximum atomic E-state index is 9.78. The molecule has 10 heteroatoms. The molecule has 2 aromatic carbocycles. The molecule has 39 heavy (non-hydrogen) atoms. The molecule has 3 aliphatic heterocycles. The van der Waals surface area contributed by atoms with Gasteiger partial charge in [0, 0.05) is 55.6 Å². The maximum Gasteiger partial charge on any atom is 0.230 e. The van der Waals surface area contributed by atoms with Crippen LogP contribution in [0.15, 0.2) is 48.8 Å². The zero-order valence-corrected chi connectivity index (χ0v) is 22.2. The first kappa shape index (κ1) is 25.5. The smallest absolute Gasteiger partial charge is 0.230 e. The van der Waals surface area contributed by atoms with Crippen molar-refractivity contribution in [1.82, 2.24) is 25.2 Å². The largest absolute Gasteiger partial charge is 0.489 e. The molecule has 202 valence electrons. The Bertz CT molecular complexity index is 1320. The molecule has 2 atom stereocenters. The number of benzene rings is 2. The lowest BCUT2D eigenvalue weighted by Gasteiger charge is -2.43. The van der Waals surface area contributed by atoms with Crippen molar-refractivity contribution in [2.24, 2.45) is 5.92 Å². The van der Waals surface area contributed by atoms with Gasteiger partial charge in [-0.25, -0.2) is 9.97 Å². The van der Waals surface area contributed by atoms with Gasteiger partial charge in [0.1, 0.15) is 24.3 Å². The van der Waals surface area contributed by atoms with Crippen molar-refractivity contribution in [2.45, 2.75) is 25.5 Å². The number of nitriles is 1. The molecule has 6 rings (SSSR count). The van der Waals surface area contributed by atoms with Crippen LogP contribution in [0.25, 0.3) is 11.4 Å². The molecule has 0 radical (unpaired) electrons.